The van der Waals surface area contributed by atoms with Gasteiger partial charge < -0.3 is 15.6 Å². The molecule has 0 aliphatic heterocycles. The Kier molecular flexibility index (Phi) is 6.68. The summed E-state index contributed by atoms with van der Waals surface area (Å²) in [5.74, 6) is 0.194. The van der Waals surface area contributed by atoms with Gasteiger partial charge in [0.1, 0.15) is 0 Å². The number of carbonyl (C=O) groups is 1. The summed E-state index contributed by atoms with van der Waals surface area (Å²) in [5.41, 5.74) is 5.12. The average Bonchev–Trinajstić information content (AvgIpc) is 3.04. The van der Waals surface area contributed by atoms with Gasteiger partial charge in [-0.25, -0.2) is 9.78 Å². The Balaban J connectivity index is 2.43. The number of alkyl halides is 3. The zero-order valence-electron chi connectivity index (χ0n) is 18.6. The largest absolute Gasteiger partial charge is 0.439 e. The fourth-order valence-electron chi connectivity index (χ4n) is 3.92. The lowest BCUT2D eigenvalue weighted by molar-refractivity contribution is -0.138. The molecule has 1 heterocycles. The Bertz CT molecular complexity index is 1180. The van der Waals surface area contributed by atoms with Crippen molar-refractivity contribution in [1.29, 1.82) is 0 Å². The fourth-order valence-corrected chi connectivity index (χ4v) is 4.22. The fraction of sp³-hybridized carbons (Fsp3) is 0.391. The number of imidazole rings is 1. The van der Waals surface area contributed by atoms with Crippen molar-refractivity contribution < 1.29 is 27.8 Å². The van der Waals surface area contributed by atoms with Gasteiger partial charge in [0.05, 0.1) is 21.6 Å². The van der Waals surface area contributed by atoms with Crippen LogP contribution in [0.15, 0.2) is 30.3 Å². The quantitative estimate of drug-likeness (QED) is 0.488. The summed E-state index contributed by atoms with van der Waals surface area (Å²) in [6, 6.07) is 8.29. The number of aromatic nitrogens is 2. The molecule has 178 valence electrons. The van der Waals surface area contributed by atoms with E-state index in [0.717, 1.165) is 5.56 Å². The van der Waals surface area contributed by atoms with Gasteiger partial charge in [0.15, 0.2) is 11.9 Å². The Morgan fingerprint density at radius 1 is 1.21 bits per heavy atom. The summed E-state index contributed by atoms with van der Waals surface area (Å²) in [6.07, 6.45) is -6.23. The van der Waals surface area contributed by atoms with Crippen molar-refractivity contribution in [1.82, 2.24) is 9.55 Å². The smallest absolute Gasteiger partial charge is 0.418 e. The molecule has 0 saturated carbocycles. The molecule has 0 bridgehead atoms. The van der Waals surface area contributed by atoms with E-state index in [1.165, 1.54) is 13.0 Å². The maximum atomic E-state index is 14.0. The third kappa shape index (κ3) is 4.94. The summed E-state index contributed by atoms with van der Waals surface area (Å²) < 4.78 is 48.8. The lowest BCUT2D eigenvalue weighted by Crippen LogP contribution is -2.21. The molecule has 0 aliphatic rings. The van der Waals surface area contributed by atoms with Crippen LogP contribution in [0.1, 0.15) is 56.3 Å². The normalized spacial score (nSPS) is 13.4. The third-order valence-electron chi connectivity index (χ3n) is 5.21. The summed E-state index contributed by atoms with van der Waals surface area (Å²) in [6.45, 7) is 6.47. The van der Waals surface area contributed by atoms with Crippen molar-refractivity contribution in [2.45, 2.75) is 51.8 Å². The maximum absolute atomic E-state index is 14.0. The predicted octanol–water partition coefficient (Wildman–Crippen LogP) is 5.69. The summed E-state index contributed by atoms with van der Waals surface area (Å²) in [5, 5.41) is 8.71. The molecule has 6 nitrogen and oxygen atoms in total. The summed E-state index contributed by atoms with van der Waals surface area (Å²) >= 11 is 6.20. The van der Waals surface area contributed by atoms with E-state index in [0.29, 0.717) is 17.6 Å². The number of hydrogen-bond donors (Lipinski definition) is 2. The van der Waals surface area contributed by atoms with E-state index in [9.17, 15) is 18.0 Å². The highest BCUT2D eigenvalue weighted by Gasteiger charge is 2.41. The number of nitrogens with two attached hydrogens (primary N) is 1. The number of nitrogens with zero attached hydrogens (tertiary/aromatic N) is 2. The van der Waals surface area contributed by atoms with Crippen molar-refractivity contribution in [3.05, 3.63) is 57.9 Å². The summed E-state index contributed by atoms with van der Waals surface area (Å²) in [4.78, 5) is 15.9. The van der Waals surface area contributed by atoms with Crippen molar-refractivity contribution in [2.75, 3.05) is 6.61 Å². The van der Waals surface area contributed by atoms with Crippen LogP contribution in [0.3, 0.4) is 0 Å². The zero-order valence-corrected chi connectivity index (χ0v) is 19.4. The molecule has 1 unspecified atom stereocenters. The molecule has 10 heteroatoms. The van der Waals surface area contributed by atoms with Crippen LogP contribution in [0, 0.1) is 0 Å². The standard InChI is InChI=1S/C23H25ClF3N3O3/c1-12(33-21(28)32)20-29-19-16(30(20)14-7-5-13(6-8-14)9-10-31)11-15(24)17(23(25,26)27)18(19)22(2,3)4/h5-8,11-12,31H,9-10H2,1-4H3,(H2,28,32). The van der Waals surface area contributed by atoms with Crippen LogP contribution in [-0.4, -0.2) is 27.4 Å². The van der Waals surface area contributed by atoms with Crippen molar-refractivity contribution in [3.63, 3.8) is 0 Å². The highest BCUT2D eigenvalue weighted by molar-refractivity contribution is 6.32. The highest BCUT2D eigenvalue weighted by atomic mass is 35.5. The van der Waals surface area contributed by atoms with E-state index in [4.69, 9.17) is 27.2 Å². The molecule has 1 atom stereocenters. The highest BCUT2D eigenvalue weighted by Crippen LogP contribution is 2.46. The molecule has 0 fully saturated rings. The second-order valence-corrected chi connectivity index (χ2v) is 9.16. The minimum absolute atomic E-state index is 0.0210. The van der Waals surface area contributed by atoms with Crippen LogP contribution in [-0.2, 0) is 22.7 Å². The number of ether oxygens (including phenoxy) is 1. The number of rotatable bonds is 5. The number of benzene rings is 2. The van der Waals surface area contributed by atoms with E-state index < -0.39 is 34.4 Å². The lowest BCUT2D eigenvalue weighted by atomic mass is 9.82. The van der Waals surface area contributed by atoms with Gasteiger partial charge in [-0.1, -0.05) is 44.5 Å². The van der Waals surface area contributed by atoms with E-state index >= 15 is 0 Å². The molecule has 0 aliphatic carbocycles. The van der Waals surface area contributed by atoms with E-state index in [1.807, 2.05) is 0 Å². The Morgan fingerprint density at radius 2 is 1.82 bits per heavy atom. The number of carbonyl (C=O) groups excluding carboxylic acids is 1. The molecule has 1 aromatic heterocycles. The number of amides is 1. The Labute approximate surface area is 194 Å². The predicted molar refractivity (Wildman–Crippen MR) is 120 cm³/mol. The van der Waals surface area contributed by atoms with Gasteiger partial charge >= 0.3 is 12.3 Å². The lowest BCUT2D eigenvalue weighted by Gasteiger charge is -2.25. The van der Waals surface area contributed by atoms with Gasteiger partial charge in [-0.05, 0) is 48.1 Å². The number of aliphatic hydroxyl groups is 1. The number of aliphatic hydroxyl groups excluding tert-OH is 1. The van der Waals surface area contributed by atoms with Gasteiger partial charge in [0.25, 0.3) is 0 Å². The van der Waals surface area contributed by atoms with Crippen LogP contribution in [0.5, 0.6) is 0 Å². The van der Waals surface area contributed by atoms with Gasteiger partial charge in [0.2, 0.25) is 0 Å². The van der Waals surface area contributed by atoms with Crippen molar-refractivity contribution in [3.8, 4) is 5.69 Å². The Hall–Kier alpha value is -2.78. The molecule has 3 N–H and O–H groups in total. The van der Waals surface area contributed by atoms with Crippen LogP contribution in [0.4, 0.5) is 18.0 Å². The molecular weight excluding hydrogens is 459 g/mol. The molecule has 0 radical (unpaired) electrons. The van der Waals surface area contributed by atoms with Crippen LogP contribution < -0.4 is 5.73 Å². The van der Waals surface area contributed by atoms with Gasteiger partial charge in [-0.15, -0.1) is 0 Å². The third-order valence-corrected chi connectivity index (χ3v) is 5.51. The first-order valence-corrected chi connectivity index (χ1v) is 10.6. The minimum Gasteiger partial charge on any atom is -0.439 e. The van der Waals surface area contributed by atoms with Crippen molar-refractivity contribution in [2.24, 2.45) is 5.73 Å². The van der Waals surface area contributed by atoms with E-state index in [-0.39, 0.29) is 23.5 Å². The first-order valence-electron chi connectivity index (χ1n) is 10.2. The first kappa shape index (κ1) is 24.9. The van der Waals surface area contributed by atoms with Gasteiger partial charge in [0, 0.05) is 12.3 Å². The topological polar surface area (TPSA) is 90.4 Å². The van der Waals surface area contributed by atoms with Crippen LogP contribution >= 0.6 is 11.6 Å². The van der Waals surface area contributed by atoms with Crippen molar-refractivity contribution >= 4 is 28.7 Å². The molecule has 3 rings (SSSR count). The van der Waals surface area contributed by atoms with E-state index in [2.05, 4.69) is 4.98 Å². The average molecular weight is 484 g/mol. The second kappa shape index (κ2) is 8.87. The molecule has 0 saturated heterocycles. The van der Waals surface area contributed by atoms with Gasteiger partial charge in [-0.2, -0.15) is 13.2 Å². The monoisotopic (exact) mass is 483 g/mol. The number of halogens is 4. The number of fused-ring (bicyclic) bond motifs is 1. The first-order chi connectivity index (χ1) is 15.3. The number of hydrogen-bond acceptors (Lipinski definition) is 4. The maximum Gasteiger partial charge on any atom is 0.418 e. The number of primary amides is 1. The van der Waals surface area contributed by atoms with E-state index in [1.54, 1.807) is 49.6 Å². The molecule has 0 spiro atoms. The molecular formula is C23H25ClF3N3O3. The van der Waals surface area contributed by atoms with Crippen LogP contribution in [0.2, 0.25) is 5.02 Å². The SMILES string of the molecule is CC(OC(N)=O)c1nc2c(C(C)(C)C)c(C(F)(F)F)c(Cl)cc2n1-c1ccc(CCO)cc1. The minimum atomic E-state index is -4.70. The van der Waals surface area contributed by atoms with Gasteiger partial charge in [-0.3, -0.25) is 4.57 Å². The molecule has 1 amide bonds. The zero-order chi connectivity index (χ0) is 24.7. The Morgan fingerprint density at radius 3 is 2.30 bits per heavy atom. The summed E-state index contributed by atoms with van der Waals surface area (Å²) in [7, 11) is 0. The molecule has 3 aromatic rings. The molecule has 2 aromatic carbocycles. The molecule has 33 heavy (non-hydrogen) atoms. The second-order valence-electron chi connectivity index (χ2n) is 8.75. The van der Waals surface area contributed by atoms with Crippen LogP contribution in [0.25, 0.3) is 16.7 Å².